The molecule has 4 rings (SSSR count). The third kappa shape index (κ3) is 4.69. The molecule has 3 aromatic rings. The van der Waals surface area contributed by atoms with Crippen molar-refractivity contribution in [3.8, 4) is 5.06 Å². The van der Waals surface area contributed by atoms with Crippen molar-refractivity contribution in [2.75, 3.05) is 24.6 Å². The Hall–Kier alpha value is -2.75. The van der Waals surface area contributed by atoms with Gasteiger partial charge < -0.3 is 19.9 Å². The molecule has 1 aliphatic heterocycles. The van der Waals surface area contributed by atoms with E-state index in [9.17, 15) is 18.0 Å². The number of ether oxygens (including phenoxy) is 1. The van der Waals surface area contributed by atoms with Gasteiger partial charge in [-0.2, -0.15) is 13.2 Å². The number of para-hydroxylation sites is 2. The number of H-pyrrole nitrogens is 1. The molecule has 1 amide bonds. The molecule has 1 fully saturated rings. The molecule has 0 spiro atoms. The number of amides is 1. The van der Waals surface area contributed by atoms with Gasteiger partial charge >= 0.3 is 6.18 Å². The second-order valence-corrected chi connectivity index (χ2v) is 8.38. The number of aromatic nitrogens is 2. The number of carbonyl (C=O) groups excluding carboxylic acids is 1. The van der Waals surface area contributed by atoms with E-state index in [-0.39, 0.29) is 22.9 Å². The van der Waals surface area contributed by atoms with Crippen molar-refractivity contribution >= 4 is 34.2 Å². The van der Waals surface area contributed by atoms with Gasteiger partial charge in [0.05, 0.1) is 23.0 Å². The second kappa shape index (κ2) is 8.17. The molecule has 0 aliphatic carbocycles. The first-order valence-corrected chi connectivity index (χ1v) is 10.4. The highest BCUT2D eigenvalue weighted by Gasteiger charge is 2.31. The minimum Gasteiger partial charge on any atom is -0.475 e. The summed E-state index contributed by atoms with van der Waals surface area (Å²) in [6.07, 6.45) is -3.67. The van der Waals surface area contributed by atoms with Crippen LogP contribution in [0.15, 0.2) is 36.4 Å². The molecule has 3 heterocycles. The van der Waals surface area contributed by atoms with Gasteiger partial charge in [0.15, 0.2) is 11.7 Å². The number of anilines is 1. The van der Waals surface area contributed by atoms with Crippen LogP contribution in [0.3, 0.4) is 0 Å². The molecule has 1 saturated heterocycles. The van der Waals surface area contributed by atoms with Crippen LogP contribution in [-0.4, -0.2) is 41.7 Å². The van der Waals surface area contributed by atoms with E-state index in [0.29, 0.717) is 13.0 Å². The molecular formula is C20H21F3N4O2S. The van der Waals surface area contributed by atoms with E-state index < -0.39 is 12.8 Å². The topological polar surface area (TPSA) is 70.2 Å². The Morgan fingerprint density at radius 1 is 1.37 bits per heavy atom. The highest BCUT2D eigenvalue weighted by atomic mass is 32.1. The first kappa shape index (κ1) is 20.5. The van der Waals surface area contributed by atoms with Gasteiger partial charge in [-0.05, 0) is 37.6 Å². The SMILES string of the molecule is CC(NC(=O)[C@@H]1CCN(c2nc3ccccc3[nH]2)C1)c1ccc(OCC(F)(F)F)s1. The highest BCUT2D eigenvalue weighted by molar-refractivity contribution is 7.13. The fourth-order valence-electron chi connectivity index (χ4n) is 3.46. The lowest BCUT2D eigenvalue weighted by Crippen LogP contribution is -2.34. The van der Waals surface area contributed by atoms with E-state index >= 15 is 0 Å². The lowest BCUT2D eigenvalue weighted by atomic mass is 10.1. The van der Waals surface area contributed by atoms with Gasteiger partial charge in [0.2, 0.25) is 11.9 Å². The van der Waals surface area contributed by atoms with Crippen LogP contribution in [0.25, 0.3) is 11.0 Å². The Balaban J connectivity index is 1.32. The molecule has 160 valence electrons. The van der Waals surface area contributed by atoms with Crippen LogP contribution in [0.2, 0.25) is 0 Å². The molecular weight excluding hydrogens is 417 g/mol. The number of hydrogen-bond donors (Lipinski definition) is 2. The Kier molecular flexibility index (Phi) is 5.59. The summed E-state index contributed by atoms with van der Waals surface area (Å²) in [5.74, 6) is 0.498. The van der Waals surface area contributed by atoms with Gasteiger partial charge in [-0.3, -0.25) is 4.79 Å². The molecule has 10 heteroatoms. The van der Waals surface area contributed by atoms with E-state index in [1.165, 1.54) is 6.07 Å². The number of aromatic amines is 1. The summed E-state index contributed by atoms with van der Waals surface area (Å²) in [6.45, 7) is 1.76. The number of hydrogen-bond acceptors (Lipinski definition) is 5. The average molecular weight is 438 g/mol. The van der Waals surface area contributed by atoms with Crippen molar-refractivity contribution in [2.45, 2.75) is 25.6 Å². The lowest BCUT2D eigenvalue weighted by Gasteiger charge is -2.17. The molecule has 2 aromatic heterocycles. The van der Waals surface area contributed by atoms with Crippen LogP contribution in [0, 0.1) is 5.92 Å². The van der Waals surface area contributed by atoms with Crippen LogP contribution >= 0.6 is 11.3 Å². The van der Waals surface area contributed by atoms with Crippen molar-refractivity contribution in [3.63, 3.8) is 0 Å². The standard InChI is InChI=1S/C20H21F3N4O2S/c1-12(16-6-7-17(30-16)29-11-20(21,22)23)24-18(28)13-8-9-27(10-13)19-25-14-4-2-3-5-15(14)26-19/h2-7,12-13H,8-11H2,1H3,(H,24,28)(H,25,26)/t12?,13-/m1/s1. The molecule has 0 radical (unpaired) electrons. The number of nitrogens with zero attached hydrogens (tertiary/aromatic N) is 2. The number of fused-ring (bicyclic) bond motifs is 1. The van der Waals surface area contributed by atoms with Gasteiger partial charge in [-0.1, -0.05) is 12.1 Å². The molecule has 0 bridgehead atoms. The van der Waals surface area contributed by atoms with E-state index in [1.807, 2.05) is 31.2 Å². The molecule has 30 heavy (non-hydrogen) atoms. The third-order valence-electron chi connectivity index (χ3n) is 5.00. The largest absolute Gasteiger partial charge is 0.475 e. The second-order valence-electron chi connectivity index (χ2n) is 7.30. The molecule has 6 nitrogen and oxygen atoms in total. The first-order valence-electron chi connectivity index (χ1n) is 9.58. The number of rotatable bonds is 6. The summed E-state index contributed by atoms with van der Waals surface area (Å²) in [6, 6.07) is 10.6. The predicted octanol–water partition coefficient (Wildman–Crippen LogP) is 4.27. The van der Waals surface area contributed by atoms with E-state index in [1.54, 1.807) is 6.07 Å². The monoisotopic (exact) mass is 438 g/mol. The maximum Gasteiger partial charge on any atom is 0.422 e. The normalized spacial score (nSPS) is 18.0. The summed E-state index contributed by atoms with van der Waals surface area (Å²) < 4.78 is 41.6. The number of alkyl halides is 3. The molecule has 2 N–H and O–H groups in total. The van der Waals surface area contributed by atoms with Crippen LogP contribution in [0.4, 0.5) is 19.1 Å². The number of benzene rings is 1. The zero-order chi connectivity index (χ0) is 21.3. The molecule has 1 aromatic carbocycles. The van der Waals surface area contributed by atoms with Crippen molar-refractivity contribution in [3.05, 3.63) is 41.3 Å². The van der Waals surface area contributed by atoms with E-state index in [2.05, 4.69) is 20.2 Å². The highest BCUT2D eigenvalue weighted by Crippen LogP contribution is 2.31. The van der Waals surface area contributed by atoms with Gasteiger partial charge in [0.1, 0.15) is 0 Å². The summed E-state index contributed by atoms with van der Waals surface area (Å²) in [4.78, 5) is 23.4. The fourth-order valence-corrected chi connectivity index (χ4v) is 4.31. The maximum absolute atomic E-state index is 12.7. The minimum atomic E-state index is -4.38. The number of thiophene rings is 1. The molecule has 1 unspecified atom stereocenters. The summed E-state index contributed by atoms with van der Waals surface area (Å²) in [7, 11) is 0. The zero-order valence-corrected chi connectivity index (χ0v) is 17.0. The van der Waals surface area contributed by atoms with E-state index in [0.717, 1.165) is 39.7 Å². The van der Waals surface area contributed by atoms with Crippen LogP contribution in [-0.2, 0) is 4.79 Å². The van der Waals surface area contributed by atoms with Crippen LogP contribution in [0.5, 0.6) is 5.06 Å². The lowest BCUT2D eigenvalue weighted by molar-refractivity contribution is -0.152. The van der Waals surface area contributed by atoms with Crippen molar-refractivity contribution < 1.29 is 22.7 Å². The minimum absolute atomic E-state index is 0.0766. The van der Waals surface area contributed by atoms with Crippen LogP contribution < -0.4 is 15.0 Å². The Bertz CT molecular complexity index is 999. The third-order valence-corrected chi connectivity index (χ3v) is 6.18. The fraction of sp³-hybridized carbons (Fsp3) is 0.400. The summed E-state index contributed by atoms with van der Waals surface area (Å²) in [5.41, 5.74) is 1.84. The summed E-state index contributed by atoms with van der Waals surface area (Å²) in [5, 5.41) is 3.14. The van der Waals surface area contributed by atoms with Crippen molar-refractivity contribution in [2.24, 2.45) is 5.92 Å². The number of nitrogens with one attached hydrogen (secondary N) is 2. The first-order chi connectivity index (χ1) is 14.3. The smallest absolute Gasteiger partial charge is 0.422 e. The quantitative estimate of drug-likeness (QED) is 0.603. The van der Waals surface area contributed by atoms with Gasteiger partial charge in [-0.25, -0.2) is 4.98 Å². The van der Waals surface area contributed by atoms with Gasteiger partial charge in [-0.15, -0.1) is 11.3 Å². The Labute approximate surface area is 175 Å². The van der Waals surface area contributed by atoms with E-state index in [4.69, 9.17) is 4.74 Å². The predicted molar refractivity (Wildman–Crippen MR) is 109 cm³/mol. The average Bonchev–Trinajstić information content (AvgIpc) is 3.44. The number of carbonyl (C=O) groups is 1. The van der Waals surface area contributed by atoms with Gasteiger partial charge in [0.25, 0.3) is 0 Å². The Morgan fingerprint density at radius 3 is 2.93 bits per heavy atom. The van der Waals surface area contributed by atoms with Gasteiger partial charge in [0, 0.05) is 18.0 Å². The molecule has 2 atom stereocenters. The number of halogens is 3. The van der Waals surface area contributed by atoms with Crippen molar-refractivity contribution in [1.29, 1.82) is 0 Å². The molecule has 1 aliphatic rings. The van der Waals surface area contributed by atoms with Crippen LogP contribution in [0.1, 0.15) is 24.3 Å². The number of imidazole rings is 1. The maximum atomic E-state index is 12.7. The molecule has 0 saturated carbocycles. The summed E-state index contributed by atoms with van der Waals surface area (Å²) >= 11 is 1.10. The zero-order valence-electron chi connectivity index (χ0n) is 16.2. The Morgan fingerprint density at radius 2 is 2.17 bits per heavy atom. The van der Waals surface area contributed by atoms with Crippen molar-refractivity contribution in [1.82, 2.24) is 15.3 Å².